The van der Waals surface area contributed by atoms with Gasteiger partial charge in [-0.25, -0.2) is 0 Å². The normalized spacial score (nSPS) is 5.43. The maximum atomic E-state index is 9.40. The molecule has 0 radical (unpaired) electrons. The molecule has 5 N–H and O–H groups in total. The molecule has 0 bridgehead atoms. The van der Waals surface area contributed by atoms with Gasteiger partial charge in [0.05, 0.1) is 0 Å². The van der Waals surface area contributed by atoms with Gasteiger partial charge in [-0.2, -0.15) is 0 Å². The van der Waals surface area contributed by atoms with Gasteiger partial charge in [-0.15, -0.1) is 0 Å². The van der Waals surface area contributed by atoms with E-state index in [2.05, 4.69) is 0 Å². The van der Waals surface area contributed by atoms with E-state index in [-0.39, 0.29) is 11.0 Å². The number of carboxylic acid groups (broad SMARTS) is 1. The second kappa shape index (κ2) is 9.38. The number of aliphatic carboxylic acids is 1. The van der Waals surface area contributed by atoms with Crippen LogP contribution < -0.4 is 0 Å². The van der Waals surface area contributed by atoms with E-state index in [0.717, 1.165) is 18.3 Å². The van der Waals surface area contributed by atoms with Crippen molar-refractivity contribution in [1.29, 1.82) is 0 Å². The molecule has 0 aliphatic rings. The minimum atomic E-state index is -0.690. The van der Waals surface area contributed by atoms with Crippen LogP contribution in [0.3, 0.4) is 0 Å². The van der Waals surface area contributed by atoms with E-state index < -0.39 is 5.97 Å². The molecule has 0 atom stereocenters. The Balaban J connectivity index is -0.0000000800. The van der Waals surface area contributed by atoms with Crippen molar-refractivity contribution in [2.24, 2.45) is 0 Å². The number of carbonyl (C=O) groups is 1. The molecule has 0 fully saturated rings. The van der Waals surface area contributed by atoms with E-state index in [0.29, 0.717) is 5.02 Å². The molecular formula is C2H7O4Zn. The average Bonchev–Trinajstić information content (AvgIpc) is 1.38. The average molecular weight is 160 g/mol. The molecule has 0 amide bonds. The molecule has 0 saturated heterocycles. The fraction of sp³-hybridized carbons (Fsp3) is 0.500. The van der Waals surface area contributed by atoms with Crippen LogP contribution in [0.5, 0.6) is 0 Å². The monoisotopic (exact) mass is 159 g/mol. The quantitative estimate of drug-likeness (QED) is 0.467. The van der Waals surface area contributed by atoms with Crippen LogP contribution in [0.15, 0.2) is 0 Å². The minimum absolute atomic E-state index is 0. The molecule has 41 valence electrons. The third kappa shape index (κ3) is 23.9. The van der Waals surface area contributed by atoms with Crippen LogP contribution >= 0.6 is 0 Å². The number of hydrogen-bond donors (Lipinski definition) is 1. The van der Waals surface area contributed by atoms with Gasteiger partial charge in [0.2, 0.25) is 0 Å². The SMILES string of the molecule is O.O.O=C(O)[CH2][Zn]. The Bertz CT molecular complexity index is 45.0. The van der Waals surface area contributed by atoms with Gasteiger partial charge in [0.15, 0.2) is 0 Å². The molecule has 0 spiro atoms. The van der Waals surface area contributed by atoms with Crippen molar-refractivity contribution in [3.8, 4) is 0 Å². The Morgan fingerprint density at radius 2 is 1.71 bits per heavy atom. The van der Waals surface area contributed by atoms with Gasteiger partial charge >= 0.3 is 39.2 Å². The molecule has 0 aliphatic heterocycles. The zero-order chi connectivity index (χ0) is 4.28. The van der Waals surface area contributed by atoms with Crippen molar-refractivity contribution in [2.45, 2.75) is 5.02 Å². The number of rotatable bonds is 1. The first kappa shape index (κ1) is 15.7. The Kier molecular flexibility index (Phi) is 21.1. The summed E-state index contributed by atoms with van der Waals surface area (Å²) in [4.78, 5) is 9.40. The molecule has 0 saturated carbocycles. The summed E-state index contributed by atoms with van der Waals surface area (Å²) in [7, 11) is 0. The summed E-state index contributed by atoms with van der Waals surface area (Å²) >= 11 is 0.856. The Morgan fingerprint density at radius 3 is 1.71 bits per heavy atom. The third-order valence-electron chi connectivity index (χ3n) is 0.214. The van der Waals surface area contributed by atoms with Crippen molar-refractivity contribution < 1.29 is 39.2 Å². The van der Waals surface area contributed by atoms with Gasteiger partial charge in [0, 0.05) is 0 Å². The molecule has 7 heavy (non-hydrogen) atoms. The summed E-state index contributed by atoms with van der Waals surface area (Å²) in [5, 5.41) is 8.10. The molecule has 0 rings (SSSR count). The third-order valence-corrected chi connectivity index (χ3v) is 1.11. The van der Waals surface area contributed by atoms with Crippen LogP contribution in [-0.4, -0.2) is 22.0 Å². The molecule has 0 aromatic carbocycles. The molecule has 4 nitrogen and oxygen atoms in total. The zero-order valence-electron chi connectivity index (χ0n) is 3.77. The van der Waals surface area contributed by atoms with Crippen molar-refractivity contribution >= 4 is 5.97 Å². The van der Waals surface area contributed by atoms with Crippen molar-refractivity contribution in [3.05, 3.63) is 0 Å². The van der Waals surface area contributed by atoms with E-state index in [9.17, 15) is 4.79 Å². The first-order chi connectivity index (χ1) is 2.27. The van der Waals surface area contributed by atoms with Gasteiger partial charge in [-0.05, 0) is 0 Å². The molecule has 0 heterocycles. The van der Waals surface area contributed by atoms with E-state index in [4.69, 9.17) is 5.11 Å². The molecule has 0 aromatic heterocycles. The summed E-state index contributed by atoms with van der Waals surface area (Å²) in [5.74, 6) is -0.690. The fourth-order valence-electron chi connectivity index (χ4n) is 0. The van der Waals surface area contributed by atoms with Crippen molar-refractivity contribution in [3.63, 3.8) is 0 Å². The van der Waals surface area contributed by atoms with Gasteiger partial charge in [-0.3, -0.25) is 0 Å². The van der Waals surface area contributed by atoms with Gasteiger partial charge in [0.1, 0.15) is 0 Å². The Morgan fingerprint density at radius 1 is 1.57 bits per heavy atom. The van der Waals surface area contributed by atoms with Crippen LogP contribution in [-0.2, 0) is 23.1 Å². The summed E-state index contributed by atoms with van der Waals surface area (Å²) in [5.41, 5.74) is 0. The van der Waals surface area contributed by atoms with E-state index in [1.807, 2.05) is 0 Å². The number of carboxylic acids is 1. The summed E-state index contributed by atoms with van der Waals surface area (Å²) in [6, 6.07) is 0. The zero-order valence-corrected chi connectivity index (χ0v) is 6.74. The van der Waals surface area contributed by atoms with E-state index in [1.54, 1.807) is 0 Å². The van der Waals surface area contributed by atoms with Crippen LogP contribution in [0.4, 0.5) is 0 Å². The van der Waals surface area contributed by atoms with Crippen LogP contribution in [0.2, 0.25) is 5.02 Å². The molecule has 0 aromatic rings. The predicted octanol–water partition coefficient (Wildman–Crippen LogP) is -1.61. The summed E-state index contributed by atoms with van der Waals surface area (Å²) < 4.78 is 0. The number of hydrogen-bond acceptors (Lipinski definition) is 1. The first-order valence-corrected chi connectivity index (χ1v) is 3.38. The molecule has 5 heteroatoms. The van der Waals surface area contributed by atoms with Crippen LogP contribution in [0, 0.1) is 0 Å². The summed E-state index contributed by atoms with van der Waals surface area (Å²) in [6.07, 6.45) is 0. The predicted molar refractivity (Wildman–Crippen MR) is 19.7 cm³/mol. The standard InChI is InChI=1S/C2H3O2.2H2O.Zn/c1-2(3)4;;;/h1H2,(H,3,4);2*1H2;. The first-order valence-electron chi connectivity index (χ1n) is 1.28. The summed E-state index contributed by atoms with van der Waals surface area (Å²) in [6.45, 7) is 0. The van der Waals surface area contributed by atoms with Gasteiger partial charge in [0.25, 0.3) is 0 Å². The van der Waals surface area contributed by atoms with Gasteiger partial charge < -0.3 is 11.0 Å². The molecule has 0 aliphatic carbocycles. The molecular weight excluding hydrogens is 153 g/mol. The Hall–Kier alpha value is 0.0134. The Labute approximate surface area is 50.8 Å². The van der Waals surface area contributed by atoms with Crippen molar-refractivity contribution in [1.82, 2.24) is 0 Å². The second-order valence-corrected chi connectivity index (χ2v) is 1.69. The van der Waals surface area contributed by atoms with Crippen molar-refractivity contribution in [2.75, 3.05) is 0 Å². The molecule has 0 unspecified atom stereocenters. The van der Waals surface area contributed by atoms with E-state index >= 15 is 0 Å². The topological polar surface area (TPSA) is 100 Å². The van der Waals surface area contributed by atoms with E-state index in [1.165, 1.54) is 0 Å². The second-order valence-electron chi connectivity index (χ2n) is 0.644. The van der Waals surface area contributed by atoms with Gasteiger partial charge in [-0.1, -0.05) is 0 Å². The van der Waals surface area contributed by atoms with Crippen LogP contribution in [0.25, 0.3) is 0 Å². The van der Waals surface area contributed by atoms with Crippen LogP contribution in [0.1, 0.15) is 0 Å². The fourth-order valence-corrected chi connectivity index (χ4v) is 0. The maximum absolute atomic E-state index is 9.40.